The van der Waals surface area contributed by atoms with Crippen LogP contribution in [0.4, 0.5) is 5.69 Å². The van der Waals surface area contributed by atoms with E-state index in [1.165, 1.54) is 0 Å². The Kier molecular flexibility index (Phi) is 4.43. The van der Waals surface area contributed by atoms with Gasteiger partial charge in [0.2, 0.25) is 0 Å². The lowest BCUT2D eigenvalue weighted by molar-refractivity contribution is -0.0924. The smallest absolute Gasteiger partial charge is 0.251 e. The summed E-state index contributed by atoms with van der Waals surface area (Å²) < 4.78 is 5.23. The van der Waals surface area contributed by atoms with E-state index in [1.54, 1.807) is 0 Å². The van der Waals surface area contributed by atoms with E-state index in [2.05, 4.69) is 17.6 Å². The number of carbonyl (C=O) groups excluding carboxylic acids is 1. The molecule has 0 unspecified atom stereocenters. The molecule has 1 heterocycles. The first-order valence-corrected chi connectivity index (χ1v) is 6.83. The molecule has 0 saturated carbocycles. The van der Waals surface area contributed by atoms with Crippen LogP contribution in [0, 0.1) is 5.41 Å². The fourth-order valence-electron chi connectivity index (χ4n) is 1.98. The van der Waals surface area contributed by atoms with E-state index in [9.17, 15) is 4.79 Å². The van der Waals surface area contributed by atoms with Crippen LogP contribution in [0.1, 0.15) is 30.6 Å². The molecular formula is C15H22N2O2. The summed E-state index contributed by atoms with van der Waals surface area (Å²) in [5.74, 6) is -0.0105. The second-order valence-electron chi connectivity index (χ2n) is 5.49. The molecule has 1 aliphatic heterocycles. The number of hydrogen-bond acceptors (Lipinski definition) is 3. The lowest BCUT2D eigenvalue weighted by Gasteiger charge is -2.38. The van der Waals surface area contributed by atoms with Crippen LogP contribution in [0.3, 0.4) is 0 Å². The minimum Gasteiger partial charge on any atom is -0.384 e. The van der Waals surface area contributed by atoms with E-state index in [0.29, 0.717) is 12.1 Å². The summed E-state index contributed by atoms with van der Waals surface area (Å²) >= 11 is 0. The predicted octanol–water partition coefficient (Wildman–Crippen LogP) is 2.27. The van der Waals surface area contributed by atoms with Gasteiger partial charge in [0.1, 0.15) is 0 Å². The van der Waals surface area contributed by atoms with Crippen molar-refractivity contribution in [2.45, 2.75) is 20.3 Å². The van der Waals surface area contributed by atoms with Gasteiger partial charge in [-0.25, -0.2) is 0 Å². The second-order valence-corrected chi connectivity index (χ2v) is 5.49. The Morgan fingerprint density at radius 2 is 2.21 bits per heavy atom. The van der Waals surface area contributed by atoms with E-state index in [-0.39, 0.29) is 11.3 Å². The van der Waals surface area contributed by atoms with Crippen molar-refractivity contribution < 1.29 is 9.53 Å². The summed E-state index contributed by atoms with van der Waals surface area (Å²) in [6.45, 7) is 7.42. The van der Waals surface area contributed by atoms with Crippen molar-refractivity contribution in [3.05, 3.63) is 29.8 Å². The second kappa shape index (κ2) is 6.06. The van der Waals surface area contributed by atoms with Gasteiger partial charge < -0.3 is 15.4 Å². The highest BCUT2D eigenvalue weighted by Gasteiger charge is 2.32. The molecule has 0 atom stereocenters. The highest BCUT2D eigenvalue weighted by atomic mass is 16.5. The van der Waals surface area contributed by atoms with Crippen molar-refractivity contribution in [2.75, 3.05) is 31.6 Å². The van der Waals surface area contributed by atoms with Crippen LogP contribution >= 0.6 is 0 Å². The highest BCUT2D eigenvalue weighted by molar-refractivity contribution is 5.95. The summed E-state index contributed by atoms with van der Waals surface area (Å²) in [5.41, 5.74) is 1.91. The zero-order valence-electron chi connectivity index (χ0n) is 11.7. The van der Waals surface area contributed by atoms with Gasteiger partial charge in [-0.1, -0.05) is 19.9 Å². The lowest BCUT2D eigenvalue weighted by atomic mass is 9.88. The van der Waals surface area contributed by atoms with Crippen molar-refractivity contribution >= 4 is 11.6 Å². The molecule has 1 saturated heterocycles. The minimum atomic E-state index is -0.0105. The zero-order valence-corrected chi connectivity index (χ0v) is 11.7. The molecule has 1 aromatic carbocycles. The molecule has 1 aromatic rings. The molecule has 0 spiro atoms. The van der Waals surface area contributed by atoms with Crippen molar-refractivity contribution in [2.24, 2.45) is 5.41 Å². The Morgan fingerprint density at radius 1 is 1.42 bits per heavy atom. The first-order chi connectivity index (χ1) is 9.13. The Balaban J connectivity index is 1.92. The number of anilines is 1. The SMILES string of the molecule is CCCNC(=O)c1cccc(NCC2(C)COC2)c1. The van der Waals surface area contributed by atoms with Gasteiger partial charge in [-0.2, -0.15) is 0 Å². The molecule has 0 aromatic heterocycles. The average Bonchev–Trinajstić information content (AvgIpc) is 2.40. The molecule has 1 fully saturated rings. The maximum Gasteiger partial charge on any atom is 0.251 e. The standard InChI is InChI=1S/C15H22N2O2/c1-3-7-16-14(18)12-5-4-6-13(8-12)17-9-15(2)10-19-11-15/h4-6,8,17H,3,7,9-11H2,1-2H3,(H,16,18). The zero-order chi connectivity index (χ0) is 13.7. The Bertz CT molecular complexity index is 442. The average molecular weight is 262 g/mol. The maximum absolute atomic E-state index is 11.9. The van der Waals surface area contributed by atoms with Gasteiger partial charge in [-0.05, 0) is 24.6 Å². The van der Waals surface area contributed by atoms with Crippen molar-refractivity contribution in [1.29, 1.82) is 0 Å². The van der Waals surface area contributed by atoms with E-state index >= 15 is 0 Å². The molecule has 19 heavy (non-hydrogen) atoms. The molecule has 2 rings (SSSR count). The molecule has 4 heteroatoms. The third-order valence-corrected chi connectivity index (χ3v) is 3.28. The predicted molar refractivity (Wildman–Crippen MR) is 76.5 cm³/mol. The van der Waals surface area contributed by atoms with Crippen LogP contribution < -0.4 is 10.6 Å². The van der Waals surface area contributed by atoms with E-state index < -0.39 is 0 Å². The largest absolute Gasteiger partial charge is 0.384 e. The molecule has 0 aliphatic carbocycles. The number of amides is 1. The fraction of sp³-hybridized carbons (Fsp3) is 0.533. The Morgan fingerprint density at radius 3 is 2.84 bits per heavy atom. The van der Waals surface area contributed by atoms with Gasteiger partial charge in [0.05, 0.1) is 13.2 Å². The molecule has 0 bridgehead atoms. The number of carbonyl (C=O) groups is 1. The monoisotopic (exact) mass is 262 g/mol. The van der Waals surface area contributed by atoms with E-state index in [4.69, 9.17) is 4.74 Å². The number of nitrogens with one attached hydrogen (secondary N) is 2. The van der Waals surface area contributed by atoms with Gasteiger partial charge in [0.25, 0.3) is 5.91 Å². The summed E-state index contributed by atoms with van der Waals surface area (Å²) in [5, 5.41) is 6.26. The Labute approximate surface area is 114 Å². The van der Waals surface area contributed by atoms with Gasteiger partial charge in [0, 0.05) is 29.8 Å². The van der Waals surface area contributed by atoms with Crippen LogP contribution in [0.15, 0.2) is 24.3 Å². The third kappa shape index (κ3) is 3.70. The third-order valence-electron chi connectivity index (χ3n) is 3.28. The first kappa shape index (κ1) is 13.9. The van der Waals surface area contributed by atoms with Gasteiger partial charge in [0.15, 0.2) is 0 Å². The minimum absolute atomic E-state index is 0.0105. The quantitative estimate of drug-likeness (QED) is 0.827. The van der Waals surface area contributed by atoms with Gasteiger partial charge in [-0.15, -0.1) is 0 Å². The van der Waals surface area contributed by atoms with Crippen LogP contribution in [-0.4, -0.2) is 32.2 Å². The van der Waals surface area contributed by atoms with Crippen LogP contribution in [0.5, 0.6) is 0 Å². The summed E-state index contributed by atoms with van der Waals surface area (Å²) in [6, 6.07) is 7.63. The van der Waals surface area contributed by atoms with Gasteiger partial charge in [-0.3, -0.25) is 4.79 Å². The molecule has 4 nitrogen and oxygen atoms in total. The highest BCUT2D eigenvalue weighted by Crippen LogP contribution is 2.26. The first-order valence-electron chi connectivity index (χ1n) is 6.83. The molecule has 1 amide bonds. The van der Waals surface area contributed by atoms with E-state index in [0.717, 1.165) is 31.9 Å². The topological polar surface area (TPSA) is 50.4 Å². The normalized spacial score (nSPS) is 16.5. The maximum atomic E-state index is 11.9. The molecule has 0 radical (unpaired) electrons. The number of hydrogen-bond donors (Lipinski definition) is 2. The molecule has 2 N–H and O–H groups in total. The summed E-state index contributed by atoms with van der Waals surface area (Å²) in [4.78, 5) is 11.9. The number of ether oxygens (including phenoxy) is 1. The van der Waals surface area contributed by atoms with Crippen LogP contribution in [-0.2, 0) is 4.74 Å². The van der Waals surface area contributed by atoms with Crippen LogP contribution in [0.25, 0.3) is 0 Å². The van der Waals surface area contributed by atoms with Crippen molar-refractivity contribution in [1.82, 2.24) is 5.32 Å². The van der Waals surface area contributed by atoms with Crippen molar-refractivity contribution in [3.63, 3.8) is 0 Å². The fourth-order valence-corrected chi connectivity index (χ4v) is 1.98. The van der Waals surface area contributed by atoms with E-state index in [1.807, 2.05) is 31.2 Å². The molecule has 104 valence electrons. The molecular weight excluding hydrogens is 240 g/mol. The lowest BCUT2D eigenvalue weighted by Crippen LogP contribution is -2.45. The van der Waals surface area contributed by atoms with Crippen molar-refractivity contribution in [3.8, 4) is 0 Å². The summed E-state index contributed by atoms with van der Waals surface area (Å²) in [6.07, 6.45) is 0.946. The number of rotatable bonds is 6. The molecule has 1 aliphatic rings. The van der Waals surface area contributed by atoms with Crippen LogP contribution in [0.2, 0.25) is 0 Å². The van der Waals surface area contributed by atoms with Gasteiger partial charge >= 0.3 is 0 Å². The number of benzene rings is 1. The summed E-state index contributed by atoms with van der Waals surface area (Å²) in [7, 11) is 0. The Hall–Kier alpha value is -1.55.